The Morgan fingerprint density at radius 2 is 0.402 bits per heavy atom. The van der Waals surface area contributed by atoms with E-state index in [0.29, 0.717) is 0 Å². The first-order valence-electron chi connectivity index (χ1n) is 43.9. The predicted molar refractivity (Wildman–Crippen MR) is 458 cm³/mol. The number of pyridine rings is 4. The third kappa shape index (κ3) is 10.5. The summed E-state index contributed by atoms with van der Waals surface area (Å²) in [5.74, 6) is 10.2. The average molecular weight is 1470 g/mol. The van der Waals surface area contributed by atoms with Crippen LogP contribution in [0.4, 0.5) is 68.2 Å². The molecule has 0 amide bonds. The van der Waals surface area contributed by atoms with E-state index in [1.54, 1.807) is 0 Å². The summed E-state index contributed by atoms with van der Waals surface area (Å²) in [5.41, 5.74) is 24.4. The van der Waals surface area contributed by atoms with Gasteiger partial charge in [-0.15, -0.1) is 0 Å². The molecule has 16 aliphatic carbocycles. The van der Waals surface area contributed by atoms with Crippen LogP contribution in [0, 0.1) is 98.7 Å². The molecule has 0 atom stereocenters. The van der Waals surface area contributed by atoms with Crippen LogP contribution in [-0.2, 0) is 21.7 Å². The summed E-state index contributed by atoms with van der Waals surface area (Å²) in [6, 6.07) is 73.4. The van der Waals surface area contributed by atoms with Gasteiger partial charge in [0.05, 0.1) is 68.3 Å². The highest BCUT2D eigenvalue weighted by atomic mass is 15.2. The summed E-state index contributed by atoms with van der Waals surface area (Å²) < 4.78 is 0. The van der Waals surface area contributed by atoms with Gasteiger partial charge in [-0.05, 0) is 406 Å². The van der Waals surface area contributed by atoms with Crippen molar-refractivity contribution in [2.24, 2.45) is 71.0 Å². The SMILES string of the molecule is Cc1ncccc1N(c1ccc(C23CC4CC(CC(C4)C2)C3)cc1)c1cc(N(c2ccc(C34CC5CC(CC(C5)C3)C4)cc2)c2cccnc2C)c2ccc3c(N(c4ccc(C56CC7CC(CC(C7)C5)C6)cc4)c4cccnc4C)cc(N(c4ccc(C56CC7CC(CC(C7)C5)C6)cc4)c4cccnc4C)c4ccc1c2c43. The van der Waals surface area contributed by atoms with Crippen LogP contribution in [0.3, 0.4) is 0 Å². The van der Waals surface area contributed by atoms with Crippen LogP contribution in [-0.4, -0.2) is 19.9 Å². The zero-order valence-corrected chi connectivity index (χ0v) is 66.1. The molecular weight excluding hydrogens is 1360 g/mol. The molecule has 4 aromatic heterocycles. The lowest BCUT2D eigenvalue weighted by molar-refractivity contribution is -0.00530. The molecule has 562 valence electrons. The molecule has 16 fully saturated rings. The maximum atomic E-state index is 5.21. The summed E-state index contributed by atoms with van der Waals surface area (Å²) in [6.45, 7) is 8.86. The molecule has 0 N–H and O–H groups in total. The molecule has 16 aliphatic rings. The van der Waals surface area contributed by atoms with Crippen LogP contribution in [0.2, 0.25) is 0 Å². The predicted octanol–water partition coefficient (Wildman–Crippen LogP) is 27.1. The maximum Gasteiger partial charge on any atom is 0.0674 e. The molecule has 0 aliphatic heterocycles. The van der Waals surface area contributed by atoms with Crippen molar-refractivity contribution in [3.8, 4) is 0 Å². The van der Waals surface area contributed by atoms with E-state index >= 15 is 0 Å². The van der Waals surface area contributed by atoms with E-state index in [0.717, 1.165) is 162 Å². The lowest BCUT2D eigenvalue weighted by atomic mass is 9.48. The minimum absolute atomic E-state index is 0.253. The summed E-state index contributed by atoms with van der Waals surface area (Å²) in [5, 5.41) is 7.17. The Morgan fingerprint density at radius 1 is 0.223 bits per heavy atom. The molecule has 8 heteroatoms. The van der Waals surface area contributed by atoms with Gasteiger partial charge in [0.1, 0.15) is 0 Å². The van der Waals surface area contributed by atoms with Crippen molar-refractivity contribution < 1.29 is 0 Å². The highest BCUT2D eigenvalue weighted by molar-refractivity contribution is 6.33. The number of anilines is 12. The minimum Gasteiger partial charge on any atom is -0.308 e. The van der Waals surface area contributed by atoms with E-state index in [4.69, 9.17) is 19.9 Å². The van der Waals surface area contributed by atoms with Gasteiger partial charge in [0.25, 0.3) is 0 Å². The van der Waals surface area contributed by atoms with Crippen molar-refractivity contribution in [1.29, 1.82) is 0 Å². The van der Waals surface area contributed by atoms with Gasteiger partial charge in [0, 0.05) is 79.9 Å². The Hall–Kier alpha value is -9.40. The van der Waals surface area contributed by atoms with Crippen LogP contribution in [0.5, 0.6) is 0 Å². The minimum atomic E-state index is 0.253. The monoisotopic (exact) mass is 1470 g/mol. The van der Waals surface area contributed by atoms with Crippen molar-refractivity contribution in [3.05, 3.63) is 252 Å². The Kier molecular flexibility index (Phi) is 15.0. The molecular formula is C104H106N8. The summed E-state index contributed by atoms with van der Waals surface area (Å²) >= 11 is 0. The molecule has 16 saturated carbocycles. The molecule has 0 radical (unpaired) electrons. The third-order valence-electron chi connectivity index (χ3n) is 32.8. The van der Waals surface area contributed by atoms with E-state index in [1.807, 2.05) is 24.8 Å². The summed E-state index contributed by atoms with van der Waals surface area (Å²) in [7, 11) is 0. The molecule has 112 heavy (non-hydrogen) atoms. The Balaban J connectivity index is 0.782. The van der Waals surface area contributed by atoms with E-state index in [-0.39, 0.29) is 21.7 Å². The largest absolute Gasteiger partial charge is 0.308 e. The molecule has 8 nitrogen and oxygen atoms in total. The van der Waals surface area contributed by atoms with E-state index < -0.39 is 0 Å². The quantitative estimate of drug-likeness (QED) is 0.0887. The maximum absolute atomic E-state index is 5.21. The third-order valence-corrected chi connectivity index (χ3v) is 32.8. The van der Waals surface area contributed by atoms with Crippen molar-refractivity contribution in [3.63, 3.8) is 0 Å². The number of benzene rings is 8. The zero-order valence-electron chi connectivity index (χ0n) is 66.1. The molecule has 12 aromatic rings. The van der Waals surface area contributed by atoms with Crippen molar-refractivity contribution in [2.75, 3.05) is 19.6 Å². The van der Waals surface area contributed by atoms with Gasteiger partial charge in [-0.2, -0.15) is 0 Å². The average Bonchev–Trinajstić information content (AvgIpc) is 0.689. The standard InChI is InChI=1S/C104H106N8/c1-63-91(9-5-33-105-63)109(83-21-13-79(14-22-83)101-51-67-37-68(52-101)39-69(38-67)53-101)95-49-96(110(92-10-6-34-106-64(92)2)84-23-15-80(16-24-84)102-54-70-40-71(55-102)42-72(41-70)56-102)88-31-32-90-98(112(94-12-8-36-108-66(94)4)86-27-19-82(20-28-86)104-60-76-46-77(61-104)48-78(47-76)62-104)50-97(89-30-29-87(95)99(88)100(89)90)111(93-11-7-35-107-65(93)3)85-25-17-81(18-26-85)103-57-73-43-74(58-103)45-75(44-73)59-103/h5-36,49-50,67-78H,37-48,51-62H2,1-4H3. The second-order valence-corrected chi connectivity index (χ2v) is 39.7. The number of hydrogen-bond donors (Lipinski definition) is 0. The summed E-state index contributed by atoms with van der Waals surface area (Å²) in [6.07, 6.45) is 41.0. The molecule has 0 spiro atoms. The van der Waals surface area contributed by atoms with Gasteiger partial charge in [0.15, 0.2) is 0 Å². The lowest BCUT2D eigenvalue weighted by Crippen LogP contribution is -2.48. The fraction of sp³-hybridized carbons (Fsp3) is 0.423. The van der Waals surface area contributed by atoms with Gasteiger partial charge >= 0.3 is 0 Å². The van der Waals surface area contributed by atoms with Crippen LogP contribution >= 0.6 is 0 Å². The molecule has 28 rings (SSSR count). The molecule has 0 unspecified atom stereocenters. The van der Waals surface area contributed by atoms with Crippen LogP contribution in [0.1, 0.15) is 199 Å². The number of nitrogens with zero attached hydrogens (tertiary/aromatic N) is 8. The van der Waals surface area contributed by atoms with Gasteiger partial charge in [-0.1, -0.05) is 72.8 Å². The van der Waals surface area contributed by atoms with Crippen LogP contribution < -0.4 is 19.6 Å². The highest BCUT2D eigenvalue weighted by Gasteiger charge is 2.56. The number of aromatic nitrogens is 4. The van der Waals surface area contributed by atoms with E-state index in [1.165, 1.54) is 209 Å². The first-order chi connectivity index (χ1) is 54.8. The van der Waals surface area contributed by atoms with Gasteiger partial charge in [-0.25, -0.2) is 0 Å². The van der Waals surface area contributed by atoms with Gasteiger partial charge in [0.2, 0.25) is 0 Å². The lowest BCUT2D eigenvalue weighted by Gasteiger charge is -2.57. The smallest absolute Gasteiger partial charge is 0.0674 e. The second kappa shape index (κ2) is 25.1. The van der Waals surface area contributed by atoms with Gasteiger partial charge < -0.3 is 19.6 Å². The number of hydrogen-bond acceptors (Lipinski definition) is 8. The van der Waals surface area contributed by atoms with E-state index in [2.05, 4.69) is 229 Å². The van der Waals surface area contributed by atoms with Crippen LogP contribution in [0.15, 0.2) is 207 Å². The molecule has 4 heterocycles. The fourth-order valence-electron chi connectivity index (χ4n) is 29.9. The zero-order chi connectivity index (χ0) is 74.1. The Labute approximate surface area is 662 Å². The Bertz CT molecular complexity index is 4880. The first-order valence-corrected chi connectivity index (χ1v) is 43.9. The van der Waals surface area contributed by atoms with Crippen molar-refractivity contribution >= 4 is 101 Å². The highest BCUT2D eigenvalue weighted by Crippen LogP contribution is 2.67. The van der Waals surface area contributed by atoms with Crippen molar-refractivity contribution in [2.45, 2.75) is 203 Å². The molecule has 0 saturated heterocycles. The van der Waals surface area contributed by atoms with E-state index in [9.17, 15) is 0 Å². The molecule has 16 bridgehead atoms. The second-order valence-electron chi connectivity index (χ2n) is 39.7. The first kappa shape index (κ1) is 67.1. The number of aryl methyl sites for hydroxylation is 4. The van der Waals surface area contributed by atoms with Crippen molar-refractivity contribution in [1.82, 2.24) is 19.9 Å². The normalized spacial score (nSPS) is 31.2. The topological polar surface area (TPSA) is 64.5 Å². The Morgan fingerprint density at radius 3 is 0.571 bits per heavy atom. The molecule has 8 aromatic carbocycles. The van der Waals surface area contributed by atoms with Crippen LogP contribution in [0.25, 0.3) is 32.3 Å². The fourth-order valence-corrected chi connectivity index (χ4v) is 29.9. The summed E-state index contributed by atoms with van der Waals surface area (Å²) in [4.78, 5) is 31.2. The number of rotatable bonds is 16. The van der Waals surface area contributed by atoms with Gasteiger partial charge in [-0.3, -0.25) is 19.9 Å².